The van der Waals surface area contributed by atoms with Crippen LogP contribution in [0, 0.1) is 12.7 Å². The molecule has 6 nitrogen and oxygen atoms in total. The number of carbonyl (C=O) groups excluding carboxylic acids is 1. The first-order valence-electron chi connectivity index (χ1n) is 11.9. The molecule has 1 aliphatic rings. The number of likely N-dealkylation sites (tertiary alicyclic amines) is 1. The van der Waals surface area contributed by atoms with Gasteiger partial charge in [-0.2, -0.15) is 0 Å². The molecule has 1 aliphatic heterocycles. The van der Waals surface area contributed by atoms with Crippen LogP contribution in [0.2, 0.25) is 0 Å². The highest BCUT2D eigenvalue weighted by molar-refractivity contribution is 5.94. The SMILES string of the molecule is Cc1cccc(-n2ccnc2CN2CCC(NC(=O)c3ccc(-c4cccc(F)c4)nc3)CC2)c1. The topological polar surface area (TPSA) is 63.1 Å². The molecule has 0 bridgehead atoms. The summed E-state index contributed by atoms with van der Waals surface area (Å²) in [7, 11) is 0. The quantitative estimate of drug-likeness (QED) is 0.442. The minimum absolute atomic E-state index is 0.123. The smallest absolute Gasteiger partial charge is 0.253 e. The van der Waals surface area contributed by atoms with Gasteiger partial charge >= 0.3 is 0 Å². The molecule has 5 rings (SSSR count). The lowest BCUT2D eigenvalue weighted by Gasteiger charge is -2.32. The molecule has 0 unspecified atom stereocenters. The summed E-state index contributed by atoms with van der Waals surface area (Å²) in [6.07, 6.45) is 7.16. The summed E-state index contributed by atoms with van der Waals surface area (Å²) < 4.78 is 15.6. The van der Waals surface area contributed by atoms with Crippen LogP contribution in [0.1, 0.15) is 34.6 Å². The van der Waals surface area contributed by atoms with E-state index in [4.69, 9.17) is 0 Å². The van der Waals surface area contributed by atoms with Crippen LogP contribution in [-0.4, -0.2) is 44.5 Å². The molecule has 1 amide bonds. The molecule has 7 heteroatoms. The van der Waals surface area contributed by atoms with Gasteiger partial charge in [0.15, 0.2) is 0 Å². The van der Waals surface area contributed by atoms with Crippen molar-refractivity contribution in [3.63, 3.8) is 0 Å². The van der Waals surface area contributed by atoms with E-state index in [1.54, 1.807) is 30.5 Å². The number of carbonyl (C=O) groups is 1. The number of piperidine rings is 1. The molecule has 1 saturated heterocycles. The third kappa shape index (κ3) is 5.46. The van der Waals surface area contributed by atoms with Crippen molar-refractivity contribution < 1.29 is 9.18 Å². The monoisotopic (exact) mass is 469 g/mol. The van der Waals surface area contributed by atoms with Crippen molar-refractivity contribution in [3.8, 4) is 16.9 Å². The van der Waals surface area contributed by atoms with Gasteiger partial charge in [-0.25, -0.2) is 9.37 Å². The summed E-state index contributed by atoms with van der Waals surface area (Å²) in [5.41, 5.74) is 4.17. The summed E-state index contributed by atoms with van der Waals surface area (Å²) in [6.45, 7) is 4.64. The molecule has 0 saturated carbocycles. The van der Waals surface area contributed by atoms with Crippen LogP contribution >= 0.6 is 0 Å². The van der Waals surface area contributed by atoms with E-state index < -0.39 is 0 Å². The molecule has 2 aromatic heterocycles. The van der Waals surface area contributed by atoms with E-state index in [9.17, 15) is 9.18 Å². The lowest BCUT2D eigenvalue weighted by Crippen LogP contribution is -2.44. The fraction of sp³-hybridized carbons (Fsp3) is 0.250. The van der Waals surface area contributed by atoms with Gasteiger partial charge in [-0.15, -0.1) is 0 Å². The van der Waals surface area contributed by atoms with E-state index in [0.717, 1.165) is 44.0 Å². The average Bonchev–Trinajstić information content (AvgIpc) is 3.33. The first kappa shape index (κ1) is 22.9. The normalized spacial score (nSPS) is 14.7. The number of aryl methyl sites for hydroxylation is 1. The van der Waals surface area contributed by atoms with Crippen molar-refractivity contribution in [2.24, 2.45) is 0 Å². The highest BCUT2D eigenvalue weighted by Gasteiger charge is 2.22. The van der Waals surface area contributed by atoms with Gasteiger partial charge in [0.05, 0.1) is 17.8 Å². The summed E-state index contributed by atoms with van der Waals surface area (Å²) in [5, 5.41) is 3.14. The van der Waals surface area contributed by atoms with Crippen LogP contribution in [0.15, 0.2) is 79.3 Å². The molecule has 0 spiro atoms. The largest absolute Gasteiger partial charge is 0.349 e. The van der Waals surface area contributed by atoms with Gasteiger partial charge < -0.3 is 9.88 Å². The summed E-state index contributed by atoms with van der Waals surface area (Å²) in [4.78, 5) is 24.1. The number of imidazole rings is 1. The van der Waals surface area contributed by atoms with Gasteiger partial charge in [0, 0.05) is 49.0 Å². The molecular formula is C28H28FN5O. The van der Waals surface area contributed by atoms with E-state index in [2.05, 4.69) is 55.9 Å². The third-order valence-corrected chi connectivity index (χ3v) is 6.43. The zero-order valence-electron chi connectivity index (χ0n) is 19.7. The van der Waals surface area contributed by atoms with Gasteiger partial charge in [-0.3, -0.25) is 14.7 Å². The highest BCUT2D eigenvalue weighted by Crippen LogP contribution is 2.19. The van der Waals surface area contributed by atoms with Gasteiger partial charge in [-0.05, 0) is 61.7 Å². The van der Waals surface area contributed by atoms with Crippen molar-refractivity contribution in [1.82, 2.24) is 24.8 Å². The molecule has 178 valence electrons. The zero-order chi connectivity index (χ0) is 24.2. The van der Waals surface area contributed by atoms with Crippen molar-refractivity contribution in [2.45, 2.75) is 32.4 Å². The lowest BCUT2D eigenvalue weighted by atomic mass is 10.0. The molecule has 1 N–H and O–H groups in total. The summed E-state index contributed by atoms with van der Waals surface area (Å²) in [6, 6.07) is 18.3. The number of hydrogen-bond donors (Lipinski definition) is 1. The fourth-order valence-corrected chi connectivity index (χ4v) is 4.52. The Kier molecular flexibility index (Phi) is 6.68. The molecule has 1 fully saturated rings. The van der Waals surface area contributed by atoms with Crippen LogP contribution in [0.25, 0.3) is 16.9 Å². The molecule has 0 atom stereocenters. The van der Waals surface area contributed by atoms with Gasteiger partial charge in [0.1, 0.15) is 11.6 Å². The molecule has 35 heavy (non-hydrogen) atoms. The molecule has 4 aromatic rings. The Hall–Kier alpha value is -3.84. The zero-order valence-corrected chi connectivity index (χ0v) is 19.7. The predicted octanol–water partition coefficient (Wildman–Crippen LogP) is 4.78. The Morgan fingerprint density at radius 1 is 1.06 bits per heavy atom. The first-order valence-corrected chi connectivity index (χ1v) is 11.9. The van der Waals surface area contributed by atoms with E-state index in [-0.39, 0.29) is 17.8 Å². The predicted molar refractivity (Wildman–Crippen MR) is 134 cm³/mol. The highest BCUT2D eigenvalue weighted by atomic mass is 19.1. The van der Waals surface area contributed by atoms with Gasteiger partial charge in [0.25, 0.3) is 5.91 Å². The number of aromatic nitrogens is 3. The maximum Gasteiger partial charge on any atom is 0.253 e. The Bertz CT molecular complexity index is 1310. The van der Waals surface area contributed by atoms with E-state index in [1.165, 1.54) is 17.7 Å². The van der Waals surface area contributed by atoms with Crippen molar-refractivity contribution in [1.29, 1.82) is 0 Å². The average molecular weight is 470 g/mol. The van der Waals surface area contributed by atoms with Crippen molar-refractivity contribution in [2.75, 3.05) is 13.1 Å². The van der Waals surface area contributed by atoms with Gasteiger partial charge in [0.2, 0.25) is 0 Å². The van der Waals surface area contributed by atoms with E-state index in [1.807, 2.05) is 12.4 Å². The standard InChI is InChI=1S/C28H28FN5O/c1-20-4-2-7-25(16-20)34-15-12-30-27(34)19-33-13-10-24(11-14-33)32-28(35)22-8-9-26(31-18-22)21-5-3-6-23(29)17-21/h2-9,12,15-18,24H,10-11,13-14,19H2,1H3,(H,32,35). The number of amides is 1. The van der Waals surface area contributed by atoms with Gasteiger partial charge in [-0.1, -0.05) is 24.3 Å². The number of nitrogens with zero attached hydrogens (tertiary/aromatic N) is 4. The summed E-state index contributed by atoms with van der Waals surface area (Å²) in [5.74, 6) is 0.580. The molecule has 0 aliphatic carbocycles. The fourth-order valence-electron chi connectivity index (χ4n) is 4.52. The first-order chi connectivity index (χ1) is 17.0. The number of halogens is 1. The second kappa shape index (κ2) is 10.2. The second-order valence-corrected chi connectivity index (χ2v) is 9.02. The Morgan fingerprint density at radius 2 is 1.89 bits per heavy atom. The summed E-state index contributed by atoms with van der Waals surface area (Å²) >= 11 is 0. The minimum Gasteiger partial charge on any atom is -0.349 e. The lowest BCUT2D eigenvalue weighted by molar-refractivity contribution is 0.0907. The molecule has 3 heterocycles. The van der Waals surface area contributed by atoms with Crippen LogP contribution in [0.4, 0.5) is 4.39 Å². The Morgan fingerprint density at radius 3 is 2.63 bits per heavy atom. The molecule has 2 aromatic carbocycles. The third-order valence-electron chi connectivity index (χ3n) is 6.43. The van der Waals surface area contributed by atoms with Crippen molar-refractivity contribution in [3.05, 3.63) is 102 Å². The Labute approximate surface area is 204 Å². The number of nitrogens with one attached hydrogen (secondary N) is 1. The van der Waals surface area contributed by atoms with Crippen LogP contribution in [0.5, 0.6) is 0 Å². The second-order valence-electron chi connectivity index (χ2n) is 9.02. The van der Waals surface area contributed by atoms with E-state index in [0.29, 0.717) is 16.8 Å². The number of benzene rings is 2. The number of hydrogen-bond acceptors (Lipinski definition) is 4. The molecule has 0 radical (unpaired) electrons. The maximum atomic E-state index is 13.5. The van der Waals surface area contributed by atoms with Crippen LogP contribution in [-0.2, 0) is 6.54 Å². The van der Waals surface area contributed by atoms with E-state index >= 15 is 0 Å². The number of rotatable bonds is 6. The van der Waals surface area contributed by atoms with Crippen LogP contribution < -0.4 is 5.32 Å². The number of pyridine rings is 1. The van der Waals surface area contributed by atoms with Crippen molar-refractivity contribution >= 4 is 5.91 Å². The molecular weight excluding hydrogens is 441 g/mol. The van der Waals surface area contributed by atoms with Crippen LogP contribution in [0.3, 0.4) is 0 Å². The Balaban J connectivity index is 1.15. The minimum atomic E-state index is -0.309. The maximum absolute atomic E-state index is 13.5.